The second-order valence-electron chi connectivity index (χ2n) is 4.49. The molecule has 0 unspecified atom stereocenters. The molecule has 0 aliphatic rings. The van der Waals surface area contributed by atoms with E-state index >= 15 is 0 Å². The molecular formula is C17H12Cl2N2O2. The van der Waals surface area contributed by atoms with Crippen molar-refractivity contribution >= 4 is 40.9 Å². The van der Waals surface area contributed by atoms with Gasteiger partial charge in [0.1, 0.15) is 17.4 Å². The van der Waals surface area contributed by atoms with Crippen molar-refractivity contribution in [3.63, 3.8) is 0 Å². The Hall–Kier alpha value is -2.48. The molecule has 2 rings (SSSR count). The number of carbonyl (C=O) groups excluding carboxylic acids is 1. The average molecular weight is 347 g/mol. The monoisotopic (exact) mass is 346 g/mol. The van der Waals surface area contributed by atoms with Gasteiger partial charge in [0.05, 0.1) is 7.11 Å². The number of anilines is 1. The number of carbonyl (C=O) groups is 1. The zero-order valence-electron chi connectivity index (χ0n) is 12.1. The zero-order chi connectivity index (χ0) is 16.8. The van der Waals surface area contributed by atoms with E-state index in [1.807, 2.05) is 6.07 Å². The molecule has 0 aliphatic carbocycles. The van der Waals surface area contributed by atoms with Crippen molar-refractivity contribution in [1.29, 1.82) is 5.26 Å². The standard InChI is InChI=1S/C17H12Cl2N2O2/c1-23-13-7-5-12(6-8-13)21-17(22)11(10-20)9-14-15(18)3-2-4-16(14)19/h2-9H,1H3,(H,21,22)/b11-9-. The van der Waals surface area contributed by atoms with Gasteiger partial charge in [-0.2, -0.15) is 5.26 Å². The minimum atomic E-state index is -0.548. The van der Waals surface area contributed by atoms with Crippen LogP contribution in [0, 0.1) is 11.3 Å². The summed E-state index contributed by atoms with van der Waals surface area (Å²) in [6.07, 6.45) is 1.36. The molecule has 4 nitrogen and oxygen atoms in total. The molecule has 0 saturated heterocycles. The van der Waals surface area contributed by atoms with E-state index in [4.69, 9.17) is 27.9 Å². The highest BCUT2D eigenvalue weighted by atomic mass is 35.5. The number of methoxy groups -OCH3 is 1. The number of nitrogens with zero attached hydrogens (tertiary/aromatic N) is 1. The van der Waals surface area contributed by atoms with Crippen molar-refractivity contribution in [2.45, 2.75) is 0 Å². The fourth-order valence-electron chi connectivity index (χ4n) is 1.81. The van der Waals surface area contributed by atoms with Crippen LogP contribution in [0.5, 0.6) is 5.75 Å². The quantitative estimate of drug-likeness (QED) is 0.652. The smallest absolute Gasteiger partial charge is 0.266 e. The molecule has 0 spiro atoms. The second-order valence-corrected chi connectivity index (χ2v) is 5.30. The summed E-state index contributed by atoms with van der Waals surface area (Å²) in [4.78, 5) is 12.2. The number of amides is 1. The summed E-state index contributed by atoms with van der Waals surface area (Å²) >= 11 is 12.1. The predicted molar refractivity (Wildman–Crippen MR) is 91.7 cm³/mol. The van der Waals surface area contributed by atoms with Crippen LogP contribution in [0.4, 0.5) is 5.69 Å². The molecule has 116 valence electrons. The Morgan fingerprint density at radius 1 is 1.17 bits per heavy atom. The largest absolute Gasteiger partial charge is 0.497 e. The molecule has 0 bridgehead atoms. The Morgan fingerprint density at radius 3 is 2.30 bits per heavy atom. The molecular weight excluding hydrogens is 335 g/mol. The molecule has 2 aromatic rings. The van der Waals surface area contributed by atoms with Crippen molar-refractivity contribution in [2.75, 3.05) is 12.4 Å². The summed E-state index contributed by atoms with van der Waals surface area (Å²) in [5, 5.41) is 12.6. The topological polar surface area (TPSA) is 62.1 Å². The predicted octanol–water partition coefficient (Wildman–Crippen LogP) is 4.55. The minimum absolute atomic E-state index is 0.101. The average Bonchev–Trinajstić information content (AvgIpc) is 2.55. The molecule has 23 heavy (non-hydrogen) atoms. The lowest BCUT2D eigenvalue weighted by Crippen LogP contribution is -2.13. The number of benzene rings is 2. The van der Waals surface area contributed by atoms with E-state index in [-0.39, 0.29) is 5.57 Å². The third-order valence-electron chi connectivity index (χ3n) is 3.00. The van der Waals surface area contributed by atoms with E-state index in [9.17, 15) is 10.1 Å². The minimum Gasteiger partial charge on any atom is -0.497 e. The van der Waals surface area contributed by atoms with Gasteiger partial charge in [-0.25, -0.2) is 0 Å². The van der Waals surface area contributed by atoms with Gasteiger partial charge in [0.15, 0.2) is 0 Å². The number of halogens is 2. The number of hydrogen-bond acceptors (Lipinski definition) is 3. The number of nitriles is 1. The Morgan fingerprint density at radius 2 is 1.78 bits per heavy atom. The lowest BCUT2D eigenvalue weighted by Gasteiger charge is -2.06. The highest BCUT2D eigenvalue weighted by molar-refractivity contribution is 6.37. The van der Waals surface area contributed by atoms with Crippen LogP contribution in [0.15, 0.2) is 48.0 Å². The van der Waals surface area contributed by atoms with Gasteiger partial charge in [0.25, 0.3) is 5.91 Å². The van der Waals surface area contributed by atoms with Crippen molar-refractivity contribution < 1.29 is 9.53 Å². The summed E-state index contributed by atoms with van der Waals surface area (Å²) < 4.78 is 5.04. The first-order chi connectivity index (χ1) is 11.0. The van der Waals surface area contributed by atoms with Crippen LogP contribution in [0.2, 0.25) is 10.0 Å². The molecule has 0 radical (unpaired) electrons. The molecule has 0 saturated carbocycles. The highest BCUT2D eigenvalue weighted by Gasteiger charge is 2.12. The van der Waals surface area contributed by atoms with Crippen LogP contribution in [0.1, 0.15) is 5.56 Å². The summed E-state index contributed by atoms with van der Waals surface area (Å²) in [6.45, 7) is 0. The maximum atomic E-state index is 12.2. The Bertz CT molecular complexity index is 773. The van der Waals surface area contributed by atoms with Gasteiger partial charge < -0.3 is 10.1 Å². The van der Waals surface area contributed by atoms with Gasteiger partial charge in [0, 0.05) is 21.3 Å². The summed E-state index contributed by atoms with van der Waals surface area (Å²) in [6, 6.07) is 13.6. The number of hydrogen-bond donors (Lipinski definition) is 1. The normalized spacial score (nSPS) is 10.8. The molecule has 1 N–H and O–H groups in total. The summed E-state index contributed by atoms with van der Waals surface area (Å²) in [5.41, 5.74) is 0.871. The van der Waals surface area contributed by atoms with Crippen molar-refractivity contribution in [2.24, 2.45) is 0 Å². The van der Waals surface area contributed by atoms with Gasteiger partial charge in [-0.05, 0) is 42.5 Å². The molecule has 0 aliphatic heterocycles. The van der Waals surface area contributed by atoms with Gasteiger partial charge in [0.2, 0.25) is 0 Å². The summed E-state index contributed by atoms with van der Waals surface area (Å²) in [7, 11) is 1.55. The van der Waals surface area contributed by atoms with Gasteiger partial charge in [-0.15, -0.1) is 0 Å². The summed E-state index contributed by atoms with van der Waals surface area (Å²) in [5.74, 6) is 0.121. The first kappa shape index (κ1) is 16.9. The Balaban J connectivity index is 2.24. The van der Waals surface area contributed by atoms with Crippen molar-refractivity contribution in [1.82, 2.24) is 0 Å². The van der Waals surface area contributed by atoms with Crippen molar-refractivity contribution in [3.8, 4) is 11.8 Å². The van der Waals surface area contributed by atoms with Crippen LogP contribution in [-0.2, 0) is 4.79 Å². The highest BCUT2D eigenvalue weighted by Crippen LogP contribution is 2.27. The fraction of sp³-hybridized carbons (Fsp3) is 0.0588. The number of nitrogens with one attached hydrogen (secondary N) is 1. The van der Waals surface area contributed by atoms with Crippen LogP contribution in [-0.4, -0.2) is 13.0 Å². The third kappa shape index (κ3) is 4.26. The van der Waals surface area contributed by atoms with E-state index in [2.05, 4.69) is 5.32 Å². The van der Waals surface area contributed by atoms with E-state index in [0.717, 1.165) is 0 Å². The first-order valence-corrected chi connectivity index (χ1v) is 7.32. The van der Waals surface area contributed by atoms with Crippen LogP contribution in [0.3, 0.4) is 0 Å². The molecule has 0 aromatic heterocycles. The van der Waals surface area contributed by atoms with Crippen LogP contribution < -0.4 is 10.1 Å². The SMILES string of the molecule is COc1ccc(NC(=O)/C(C#N)=C\c2c(Cl)cccc2Cl)cc1. The van der Waals surface area contributed by atoms with Gasteiger partial charge in [-0.3, -0.25) is 4.79 Å². The maximum absolute atomic E-state index is 12.2. The van der Waals surface area contributed by atoms with E-state index in [0.29, 0.717) is 27.0 Å². The van der Waals surface area contributed by atoms with Crippen LogP contribution in [0.25, 0.3) is 6.08 Å². The molecule has 1 amide bonds. The third-order valence-corrected chi connectivity index (χ3v) is 3.66. The lowest BCUT2D eigenvalue weighted by atomic mass is 10.1. The number of ether oxygens (including phenoxy) is 1. The molecule has 0 atom stereocenters. The van der Waals surface area contributed by atoms with Gasteiger partial charge in [-0.1, -0.05) is 29.3 Å². The lowest BCUT2D eigenvalue weighted by molar-refractivity contribution is -0.112. The maximum Gasteiger partial charge on any atom is 0.266 e. The first-order valence-electron chi connectivity index (χ1n) is 6.56. The molecule has 0 fully saturated rings. The molecule has 2 aromatic carbocycles. The number of rotatable bonds is 4. The van der Waals surface area contributed by atoms with Crippen molar-refractivity contribution in [3.05, 3.63) is 63.6 Å². The van der Waals surface area contributed by atoms with E-state index in [1.165, 1.54) is 6.08 Å². The fourth-order valence-corrected chi connectivity index (χ4v) is 2.32. The van der Waals surface area contributed by atoms with E-state index in [1.54, 1.807) is 49.6 Å². The zero-order valence-corrected chi connectivity index (χ0v) is 13.7. The van der Waals surface area contributed by atoms with Gasteiger partial charge >= 0.3 is 0 Å². The molecule has 6 heteroatoms. The Labute approximate surface area is 143 Å². The second kappa shape index (κ2) is 7.68. The molecule has 0 heterocycles. The Kier molecular flexibility index (Phi) is 5.64. The van der Waals surface area contributed by atoms with Crippen LogP contribution >= 0.6 is 23.2 Å². The van der Waals surface area contributed by atoms with E-state index < -0.39 is 5.91 Å².